The van der Waals surface area contributed by atoms with E-state index in [1.807, 2.05) is 0 Å². The maximum atomic E-state index is 10.2. The Morgan fingerprint density at radius 1 is 1.82 bits per heavy atom. The SMILES string of the molecule is O=C(O)CCc1cnc(Br)s1. The summed E-state index contributed by atoms with van der Waals surface area (Å²) in [6.45, 7) is 0. The molecule has 11 heavy (non-hydrogen) atoms. The molecule has 0 atom stereocenters. The summed E-state index contributed by atoms with van der Waals surface area (Å²) in [5.74, 6) is -0.769. The molecule has 0 radical (unpaired) electrons. The van der Waals surface area contributed by atoms with Gasteiger partial charge in [0.2, 0.25) is 0 Å². The van der Waals surface area contributed by atoms with E-state index in [0.29, 0.717) is 6.42 Å². The Morgan fingerprint density at radius 3 is 3.00 bits per heavy atom. The second kappa shape index (κ2) is 3.82. The van der Waals surface area contributed by atoms with Gasteiger partial charge < -0.3 is 5.11 Å². The van der Waals surface area contributed by atoms with E-state index in [0.717, 1.165) is 8.79 Å². The van der Waals surface area contributed by atoms with E-state index >= 15 is 0 Å². The van der Waals surface area contributed by atoms with Crippen LogP contribution in [0.15, 0.2) is 10.1 Å². The molecule has 1 aromatic heterocycles. The lowest BCUT2D eigenvalue weighted by Crippen LogP contribution is -1.95. The van der Waals surface area contributed by atoms with Crippen LogP contribution in [0.3, 0.4) is 0 Å². The van der Waals surface area contributed by atoms with Crippen LogP contribution in [0.2, 0.25) is 0 Å². The van der Waals surface area contributed by atoms with Gasteiger partial charge in [-0.1, -0.05) is 0 Å². The van der Waals surface area contributed by atoms with E-state index in [2.05, 4.69) is 20.9 Å². The summed E-state index contributed by atoms with van der Waals surface area (Å²) < 4.78 is 0.804. The summed E-state index contributed by atoms with van der Waals surface area (Å²) in [4.78, 5) is 15.1. The molecule has 60 valence electrons. The van der Waals surface area contributed by atoms with Gasteiger partial charge in [-0.3, -0.25) is 4.79 Å². The van der Waals surface area contributed by atoms with Crippen LogP contribution in [0.5, 0.6) is 0 Å². The third-order valence-electron chi connectivity index (χ3n) is 1.11. The van der Waals surface area contributed by atoms with Crippen LogP contribution < -0.4 is 0 Å². The van der Waals surface area contributed by atoms with Crippen molar-refractivity contribution < 1.29 is 9.90 Å². The first kappa shape index (κ1) is 8.67. The van der Waals surface area contributed by atoms with Gasteiger partial charge >= 0.3 is 5.97 Å². The Morgan fingerprint density at radius 2 is 2.55 bits per heavy atom. The highest BCUT2D eigenvalue weighted by atomic mass is 79.9. The molecular formula is C6H6BrNO2S. The number of aliphatic carboxylic acids is 1. The summed E-state index contributed by atoms with van der Waals surface area (Å²) >= 11 is 4.67. The van der Waals surface area contributed by atoms with Crippen molar-refractivity contribution in [2.24, 2.45) is 0 Å². The van der Waals surface area contributed by atoms with Gasteiger partial charge in [0.15, 0.2) is 3.92 Å². The predicted molar refractivity (Wildman–Crippen MR) is 45.8 cm³/mol. The highest BCUT2D eigenvalue weighted by Gasteiger charge is 2.01. The Labute approximate surface area is 76.2 Å². The monoisotopic (exact) mass is 235 g/mol. The van der Waals surface area contributed by atoms with Gasteiger partial charge in [-0.05, 0) is 22.4 Å². The molecule has 3 nitrogen and oxygen atoms in total. The zero-order chi connectivity index (χ0) is 8.27. The molecular weight excluding hydrogens is 230 g/mol. The quantitative estimate of drug-likeness (QED) is 0.872. The third kappa shape index (κ3) is 2.98. The topological polar surface area (TPSA) is 50.2 Å². The first-order valence-electron chi connectivity index (χ1n) is 3.00. The van der Waals surface area contributed by atoms with Gasteiger partial charge in [-0.25, -0.2) is 4.98 Å². The fourth-order valence-electron chi connectivity index (χ4n) is 0.629. The van der Waals surface area contributed by atoms with Gasteiger partial charge in [-0.2, -0.15) is 0 Å². The normalized spacial score (nSPS) is 9.91. The number of halogens is 1. The van der Waals surface area contributed by atoms with Gasteiger partial charge in [0.05, 0.1) is 6.42 Å². The van der Waals surface area contributed by atoms with Crippen molar-refractivity contribution in [1.82, 2.24) is 4.98 Å². The van der Waals surface area contributed by atoms with E-state index in [9.17, 15) is 4.79 Å². The molecule has 0 saturated heterocycles. The molecule has 0 unspecified atom stereocenters. The lowest BCUT2D eigenvalue weighted by Gasteiger charge is -1.88. The fraction of sp³-hybridized carbons (Fsp3) is 0.333. The average Bonchev–Trinajstić information content (AvgIpc) is 2.31. The Kier molecular flexibility index (Phi) is 3.02. The molecule has 0 aliphatic rings. The number of aromatic nitrogens is 1. The summed E-state index contributed by atoms with van der Waals surface area (Å²) in [7, 11) is 0. The van der Waals surface area contributed by atoms with Gasteiger partial charge in [0.1, 0.15) is 0 Å². The van der Waals surface area contributed by atoms with Crippen LogP contribution >= 0.6 is 27.3 Å². The standard InChI is InChI=1S/C6H6BrNO2S/c7-6-8-3-4(11-6)1-2-5(9)10/h3H,1-2H2,(H,9,10). The maximum absolute atomic E-state index is 10.2. The van der Waals surface area contributed by atoms with Gasteiger partial charge in [-0.15, -0.1) is 11.3 Å². The highest BCUT2D eigenvalue weighted by molar-refractivity contribution is 9.11. The van der Waals surface area contributed by atoms with Crippen LogP contribution in [0.25, 0.3) is 0 Å². The van der Waals surface area contributed by atoms with E-state index in [1.54, 1.807) is 6.20 Å². The highest BCUT2D eigenvalue weighted by Crippen LogP contribution is 2.19. The zero-order valence-corrected chi connectivity index (χ0v) is 7.98. The molecule has 0 amide bonds. The van der Waals surface area contributed by atoms with Gasteiger partial charge in [0, 0.05) is 11.1 Å². The third-order valence-corrected chi connectivity index (χ3v) is 2.65. The maximum Gasteiger partial charge on any atom is 0.303 e. The number of thiazole rings is 1. The molecule has 1 aromatic rings. The lowest BCUT2D eigenvalue weighted by atomic mass is 10.3. The lowest BCUT2D eigenvalue weighted by molar-refractivity contribution is -0.136. The van der Waals surface area contributed by atoms with Crippen molar-refractivity contribution in [1.29, 1.82) is 0 Å². The molecule has 0 saturated carbocycles. The molecule has 0 aliphatic carbocycles. The van der Waals surface area contributed by atoms with Crippen molar-refractivity contribution in [3.8, 4) is 0 Å². The summed E-state index contributed by atoms with van der Waals surface area (Å²) in [6, 6.07) is 0. The molecule has 0 aliphatic heterocycles. The molecule has 0 spiro atoms. The molecule has 5 heteroatoms. The molecule has 0 aromatic carbocycles. The average molecular weight is 236 g/mol. The number of carbonyl (C=O) groups is 1. The minimum atomic E-state index is -0.769. The Balaban J connectivity index is 2.45. The van der Waals surface area contributed by atoms with Crippen LogP contribution in [0.4, 0.5) is 0 Å². The molecule has 0 fully saturated rings. The summed E-state index contributed by atoms with van der Waals surface area (Å²) in [6.07, 6.45) is 2.44. The number of hydrogen-bond donors (Lipinski definition) is 1. The molecule has 0 bridgehead atoms. The number of aryl methyl sites for hydroxylation is 1. The van der Waals surface area contributed by atoms with E-state index < -0.39 is 5.97 Å². The Hall–Kier alpha value is -0.420. The van der Waals surface area contributed by atoms with Crippen molar-refractivity contribution >= 4 is 33.2 Å². The van der Waals surface area contributed by atoms with Crippen molar-refractivity contribution in [2.45, 2.75) is 12.8 Å². The minimum Gasteiger partial charge on any atom is -0.481 e. The first-order valence-corrected chi connectivity index (χ1v) is 4.61. The number of nitrogens with zero attached hydrogens (tertiary/aromatic N) is 1. The predicted octanol–water partition coefficient (Wildman–Crippen LogP) is 1.92. The number of carboxylic acid groups (broad SMARTS) is 1. The van der Waals surface area contributed by atoms with Crippen molar-refractivity contribution in [2.75, 3.05) is 0 Å². The van der Waals surface area contributed by atoms with Crippen LogP contribution in [-0.4, -0.2) is 16.1 Å². The fourth-order valence-corrected chi connectivity index (χ4v) is 1.99. The summed E-state index contributed by atoms with van der Waals surface area (Å²) in [5, 5.41) is 8.35. The van der Waals surface area contributed by atoms with E-state index in [-0.39, 0.29) is 6.42 Å². The molecule has 1 N–H and O–H groups in total. The zero-order valence-electron chi connectivity index (χ0n) is 5.58. The van der Waals surface area contributed by atoms with Crippen molar-refractivity contribution in [3.05, 3.63) is 15.0 Å². The van der Waals surface area contributed by atoms with E-state index in [4.69, 9.17) is 5.11 Å². The molecule has 1 heterocycles. The minimum absolute atomic E-state index is 0.175. The van der Waals surface area contributed by atoms with Crippen LogP contribution in [0, 0.1) is 0 Å². The first-order chi connectivity index (χ1) is 5.18. The van der Waals surface area contributed by atoms with Crippen molar-refractivity contribution in [3.63, 3.8) is 0 Å². The summed E-state index contributed by atoms with van der Waals surface area (Å²) in [5.41, 5.74) is 0. The Bertz CT molecular complexity index is 261. The second-order valence-electron chi connectivity index (χ2n) is 1.97. The smallest absolute Gasteiger partial charge is 0.303 e. The van der Waals surface area contributed by atoms with Crippen LogP contribution in [0.1, 0.15) is 11.3 Å². The number of hydrogen-bond acceptors (Lipinski definition) is 3. The second-order valence-corrected chi connectivity index (χ2v) is 4.36. The number of rotatable bonds is 3. The van der Waals surface area contributed by atoms with Gasteiger partial charge in [0.25, 0.3) is 0 Å². The number of carboxylic acids is 1. The van der Waals surface area contributed by atoms with Crippen LogP contribution in [-0.2, 0) is 11.2 Å². The largest absolute Gasteiger partial charge is 0.481 e. The van der Waals surface area contributed by atoms with E-state index in [1.165, 1.54) is 11.3 Å². The molecule has 1 rings (SSSR count).